The van der Waals surface area contributed by atoms with Gasteiger partial charge in [0.15, 0.2) is 0 Å². The van der Waals surface area contributed by atoms with Crippen LogP contribution in [0, 0.1) is 0 Å². The molecule has 1 aromatic rings. The van der Waals surface area contributed by atoms with E-state index in [1.807, 2.05) is 6.07 Å². The van der Waals surface area contributed by atoms with E-state index in [9.17, 15) is 4.21 Å². The largest absolute Gasteiger partial charge is 0.370 e. The predicted octanol–water partition coefficient (Wildman–Crippen LogP) is 1.82. The van der Waals surface area contributed by atoms with Crippen molar-refractivity contribution in [2.24, 2.45) is 0 Å². The second-order valence-electron chi connectivity index (χ2n) is 5.04. The summed E-state index contributed by atoms with van der Waals surface area (Å²) in [6.07, 6.45) is 3.01. The zero-order chi connectivity index (χ0) is 14.4. The van der Waals surface area contributed by atoms with Crippen LogP contribution < -0.4 is 10.2 Å². The highest BCUT2D eigenvalue weighted by atomic mass is 32.2. The average molecular weight is 296 g/mol. The second kappa shape index (κ2) is 7.57. The molecule has 0 bridgehead atoms. The zero-order valence-corrected chi connectivity index (χ0v) is 13.2. The summed E-state index contributed by atoms with van der Waals surface area (Å²) in [4.78, 5) is 11.4. The first-order valence-corrected chi connectivity index (χ1v) is 8.93. The lowest BCUT2D eigenvalue weighted by atomic mass is 10.3. The molecule has 0 amide bonds. The van der Waals surface area contributed by atoms with Gasteiger partial charge in [-0.25, -0.2) is 9.97 Å². The number of aryl methyl sites for hydroxylation is 1. The van der Waals surface area contributed by atoms with E-state index in [-0.39, 0.29) is 0 Å². The van der Waals surface area contributed by atoms with Gasteiger partial charge in [-0.2, -0.15) is 0 Å². The van der Waals surface area contributed by atoms with Gasteiger partial charge in [0.05, 0.1) is 0 Å². The molecule has 1 aliphatic rings. The summed E-state index contributed by atoms with van der Waals surface area (Å²) in [5.74, 6) is 4.26. The number of rotatable bonds is 6. The van der Waals surface area contributed by atoms with Gasteiger partial charge in [-0.1, -0.05) is 13.8 Å². The van der Waals surface area contributed by atoms with E-state index in [0.717, 1.165) is 67.9 Å². The maximum absolute atomic E-state index is 11.5. The first kappa shape index (κ1) is 15.2. The molecule has 0 saturated carbocycles. The fourth-order valence-electron chi connectivity index (χ4n) is 2.19. The molecule has 20 heavy (non-hydrogen) atoms. The van der Waals surface area contributed by atoms with Crippen LogP contribution in [0.15, 0.2) is 6.07 Å². The van der Waals surface area contributed by atoms with Crippen LogP contribution in [0.2, 0.25) is 0 Å². The lowest BCUT2D eigenvalue weighted by Gasteiger charge is -2.28. The van der Waals surface area contributed by atoms with Crippen LogP contribution in [0.5, 0.6) is 0 Å². The van der Waals surface area contributed by atoms with E-state index >= 15 is 0 Å². The Labute approximate surface area is 123 Å². The van der Waals surface area contributed by atoms with Gasteiger partial charge >= 0.3 is 0 Å². The molecule has 1 N–H and O–H groups in total. The molecule has 112 valence electrons. The second-order valence-corrected chi connectivity index (χ2v) is 6.74. The normalized spacial score (nSPS) is 16.4. The molecule has 6 heteroatoms. The van der Waals surface area contributed by atoms with Gasteiger partial charge in [0.25, 0.3) is 0 Å². The van der Waals surface area contributed by atoms with Crippen molar-refractivity contribution in [3.8, 4) is 0 Å². The third-order valence-electron chi connectivity index (χ3n) is 3.29. The zero-order valence-electron chi connectivity index (χ0n) is 12.4. The van der Waals surface area contributed by atoms with E-state index in [2.05, 4.69) is 34.0 Å². The highest BCUT2D eigenvalue weighted by molar-refractivity contribution is 7.85. The van der Waals surface area contributed by atoms with Crippen LogP contribution in [-0.4, -0.2) is 45.3 Å². The molecule has 1 saturated heterocycles. The molecule has 5 nitrogen and oxygen atoms in total. The lowest BCUT2D eigenvalue weighted by molar-refractivity contribution is 0.672. The summed E-state index contributed by atoms with van der Waals surface area (Å²) in [7, 11) is -0.654. The molecule has 0 radical (unpaired) electrons. The van der Waals surface area contributed by atoms with Crippen molar-refractivity contribution in [2.45, 2.75) is 33.1 Å². The lowest BCUT2D eigenvalue weighted by Crippen LogP contribution is -2.38. The van der Waals surface area contributed by atoms with Crippen molar-refractivity contribution < 1.29 is 4.21 Å². The van der Waals surface area contributed by atoms with E-state index in [1.165, 1.54) is 0 Å². The molecule has 0 aliphatic carbocycles. The average Bonchev–Trinajstić information content (AvgIpc) is 2.46. The van der Waals surface area contributed by atoms with E-state index < -0.39 is 10.8 Å². The topological polar surface area (TPSA) is 58.1 Å². The Morgan fingerprint density at radius 1 is 1.25 bits per heavy atom. The Morgan fingerprint density at radius 3 is 2.65 bits per heavy atom. The SMILES string of the molecule is CCCNc1cc(N2CCS(=O)CC2)nc(CCC)n1. The molecule has 0 unspecified atom stereocenters. The van der Waals surface area contributed by atoms with Crippen molar-refractivity contribution in [3.05, 3.63) is 11.9 Å². The molecule has 2 heterocycles. The number of aromatic nitrogens is 2. The predicted molar refractivity (Wildman–Crippen MR) is 84.9 cm³/mol. The maximum Gasteiger partial charge on any atom is 0.134 e. The van der Waals surface area contributed by atoms with Gasteiger partial charge in [0.2, 0.25) is 0 Å². The van der Waals surface area contributed by atoms with Crippen LogP contribution in [0.4, 0.5) is 11.6 Å². The van der Waals surface area contributed by atoms with Crippen molar-refractivity contribution >= 4 is 22.4 Å². The summed E-state index contributed by atoms with van der Waals surface area (Å²) >= 11 is 0. The molecule has 0 atom stereocenters. The minimum atomic E-state index is -0.654. The number of hydrogen-bond donors (Lipinski definition) is 1. The molecule has 1 aliphatic heterocycles. The van der Waals surface area contributed by atoms with E-state index in [0.29, 0.717) is 0 Å². The van der Waals surface area contributed by atoms with Gasteiger partial charge in [-0.05, 0) is 12.8 Å². The van der Waals surface area contributed by atoms with Crippen molar-refractivity contribution in [2.75, 3.05) is 41.4 Å². The van der Waals surface area contributed by atoms with Crippen LogP contribution >= 0.6 is 0 Å². The molecule has 0 spiro atoms. The van der Waals surface area contributed by atoms with Crippen molar-refractivity contribution in [1.82, 2.24) is 9.97 Å². The number of hydrogen-bond acceptors (Lipinski definition) is 5. The van der Waals surface area contributed by atoms with Crippen LogP contribution in [0.25, 0.3) is 0 Å². The Bertz CT molecular complexity index is 456. The maximum atomic E-state index is 11.5. The summed E-state index contributed by atoms with van der Waals surface area (Å²) in [6, 6.07) is 2.02. The first-order valence-electron chi connectivity index (χ1n) is 7.44. The third kappa shape index (κ3) is 4.16. The minimum absolute atomic E-state index is 0.654. The summed E-state index contributed by atoms with van der Waals surface area (Å²) < 4.78 is 11.5. The van der Waals surface area contributed by atoms with Crippen LogP contribution in [0.1, 0.15) is 32.5 Å². The van der Waals surface area contributed by atoms with Gasteiger partial charge in [0, 0.05) is 54.4 Å². The Balaban J connectivity index is 2.17. The monoisotopic (exact) mass is 296 g/mol. The highest BCUT2D eigenvalue weighted by Gasteiger charge is 2.17. The van der Waals surface area contributed by atoms with Crippen LogP contribution in [-0.2, 0) is 17.2 Å². The summed E-state index contributed by atoms with van der Waals surface area (Å²) in [6.45, 7) is 6.85. The summed E-state index contributed by atoms with van der Waals surface area (Å²) in [5.41, 5.74) is 0. The molecule has 0 aromatic carbocycles. The molecule has 1 fully saturated rings. The van der Waals surface area contributed by atoms with Gasteiger partial charge in [0.1, 0.15) is 17.5 Å². The van der Waals surface area contributed by atoms with Crippen molar-refractivity contribution in [1.29, 1.82) is 0 Å². The Kier molecular flexibility index (Phi) is 5.76. The Morgan fingerprint density at radius 2 is 2.00 bits per heavy atom. The third-order valence-corrected chi connectivity index (χ3v) is 4.57. The van der Waals surface area contributed by atoms with E-state index in [4.69, 9.17) is 0 Å². The molecule has 2 rings (SSSR count). The molecular formula is C14H24N4OS. The van der Waals surface area contributed by atoms with Crippen LogP contribution in [0.3, 0.4) is 0 Å². The fourth-order valence-corrected chi connectivity index (χ4v) is 3.24. The fraction of sp³-hybridized carbons (Fsp3) is 0.714. The molecular weight excluding hydrogens is 272 g/mol. The number of anilines is 2. The van der Waals surface area contributed by atoms with Gasteiger partial charge in [-0.3, -0.25) is 4.21 Å². The van der Waals surface area contributed by atoms with Crippen molar-refractivity contribution in [3.63, 3.8) is 0 Å². The van der Waals surface area contributed by atoms with Gasteiger partial charge in [-0.15, -0.1) is 0 Å². The minimum Gasteiger partial charge on any atom is -0.370 e. The highest BCUT2D eigenvalue weighted by Crippen LogP contribution is 2.18. The standard InChI is InChI=1S/C14H24N4OS/c1-3-5-12-16-13(15-6-4-2)11-14(17-12)18-7-9-20(19)10-8-18/h11H,3-10H2,1-2H3,(H,15,16,17). The van der Waals surface area contributed by atoms with E-state index in [1.54, 1.807) is 0 Å². The molecule has 1 aromatic heterocycles. The van der Waals surface area contributed by atoms with Gasteiger partial charge < -0.3 is 10.2 Å². The Hall–Kier alpha value is -1.17. The number of nitrogens with zero attached hydrogens (tertiary/aromatic N) is 3. The number of nitrogens with one attached hydrogen (secondary N) is 1. The first-order chi connectivity index (χ1) is 9.72. The summed E-state index contributed by atoms with van der Waals surface area (Å²) in [5, 5.41) is 3.34. The quantitative estimate of drug-likeness (QED) is 0.868. The smallest absolute Gasteiger partial charge is 0.134 e.